The summed E-state index contributed by atoms with van der Waals surface area (Å²) < 4.78 is 54.6. The zero-order valence-corrected chi connectivity index (χ0v) is 16.3. The smallest absolute Gasteiger partial charge is 0.319 e. The van der Waals surface area contributed by atoms with E-state index in [0.29, 0.717) is 10.2 Å². The number of nitrogens with one attached hydrogen (secondary N) is 1. The third-order valence-corrected chi connectivity index (χ3v) is 4.58. The minimum atomic E-state index is -4.79. The molecular weight excluding hydrogens is 414 g/mol. The highest BCUT2D eigenvalue weighted by Gasteiger charge is 2.36. The number of benzene rings is 2. The van der Waals surface area contributed by atoms with Gasteiger partial charge in [0.2, 0.25) is 5.82 Å². The lowest BCUT2D eigenvalue weighted by molar-refractivity contribution is -0.142. The van der Waals surface area contributed by atoms with E-state index in [1.807, 2.05) is 13.0 Å². The lowest BCUT2D eigenvalue weighted by atomic mass is 10.1. The number of carbonyl (C=O) groups is 1. The lowest BCUT2D eigenvalue weighted by Crippen LogP contribution is -2.16. The van der Waals surface area contributed by atoms with Crippen LogP contribution in [0.5, 0.6) is 0 Å². The summed E-state index contributed by atoms with van der Waals surface area (Å²) in [6.07, 6.45) is -4.79. The van der Waals surface area contributed by atoms with Crippen molar-refractivity contribution in [2.75, 3.05) is 5.32 Å². The predicted molar refractivity (Wildman–Crippen MR) is 105 cm³/mol. The van der Waals surface area contributed by atoms with Crippen LogP contribution in [-0.4, -0.2) is 25.5 Å². The molecule has 158 valence electrons. The molecule has 0 bridgehead atoms. The van der Waals surface area contributed by atoms with Crippen LogP contribution in [0.4, 0.5) is 23.2 Å². The van der Waals surface area contributed by atoms with E-state index in [9.17, 15) is 22.4 Å². The fourth-order valence-corrected chi connectivity index (χ4v) is 3.07. The normalized spacial score (nSPS) is 11.7. The molecule has 0 radical (unpaired) electrons. The largest absolute Gasteiger partial charge is 0.433 e. The Labute approximate surface area is 173 Å². The van der Waals surface area contributed by atoms with E-state index in [4.69, 9.17) is 0 Å². The Morgan fingerprint density at radius 2 is 1.71 bits per heavy atom. The molecule has 0 aliphatic heterocycles. The van der Waals surface area contributed by atoms with Crippen molar-refractivity contribution in [2.24, 2.45) is 0 Å². The molecule has 4 aromatic rings. The second-order valence-electron chi connectivity index (χ2n) is 6.95. The van der Waals surface area contributed by atoms with Gasteiger partial charge in [0.05, 0.1) is 5.69 Å². The average molecular weight is 429 g/mol. The maximum Gasteiger partial charge on any atom is 0.433 e. The van der Waals surface area contributed by atoms with Gasteiger partial charge in [-0.3, -0.25) is 4.79 Å². The standard InChI is InChI=1S/C21H15F4N5O/c1-11-3-8-15(12(2)9-11)26-19(31)18-28-20-27-16(13-4-6-14(22)7-5-13)10-17(21(23,24)25)30(20)29-18/h3-10H,1-2H3,(H,26,31). The Hall–Kier alpha value is -3.82. The van der Waals surface area contributed by atoms with Crippen LogP contribution in [0, 0.1) is 19.7 Å². The fraction of sp³-hybridized carbons (Fsp3) is 0.143. The number of hydrogen-bond acceptors (Lipinski definition) is 4. The van der Waals surface area contributed by atoms with Gasteiger partial charge in [0.25, 0.3) is 11.7 Å². The highest BCUT2D eigenvalue weighted by atomic mass is 19.4. The van der Waals surface area contributed by atoms with Gasteiger partial charge in [0.1, 0.15) is 5.82 Å². The van der Waals surface area contributed by atoms with E-state index in [0.717, 1.165) is 29.3 Å². The van der Waals surface area contributed by atoms with Gasteiger partial charge in [-0.15, -0.1) is 5.10 Å². The number of amides is 1. The van der Waals surface area contributed by atoms with Crippen LogP contribution < -0.4 is 5.32 Å². The van der Waals surface area contributed by atoms with Crippen LogP contribution in [0.15, 0.2) is 48.5 Å². The number of carbonyl (C=O) groups excluding carboxylic acids is 1. The van der Waals surface area contributed by atoms with Crippen molar-refractivity contribution < 1.29 is 22.4 Å². The Morgan fingerprint density at radius 3 is 2.35 bits per heavy atom. The molecule has 10 heteroatoms. The monoisotopic (exact) mass is 429 g/mol. The molecule has 2 aromatic carbocycles. The van der Waals surface area contributed by atoms with Crippen molar-refractivity contribution in [1.29, 1.82) is 0 Å². The zero-order valence-electron chi connectivity index (χ0n) is 16.3. The number of hydrogen-bond donors (Lipinski definition) is 1. The van der Waals surface area contributed by atoms with Gasteiger partial charge in [-0.1, -0.05) is 17.7 Å². The number of rotatable bonds is 3. The highest BCUT2D eigenvalue weighted by molar-refractivity contribution is 6.02. The molecule has 4 rings (SSSR count). The quantitative estimate of drug-likeness (QED) is 0.474. The molecule has 2 aromatic heterocycles. The van der Waals surface area contributed by atoms with Gasteiger partial charge >= 0.3 is 6.18 Å². The van der Waals surface area contributed by atoms with Crippen molar-refractivity contribution in [1.82, 2.24) is 19.6 Å². The van der Waals surface area contributed by atoms with E-state index in [-0.39, 0.29) is 11.3 Å². The summed E-state index contributed by atoms with van der Waals surface area (Å²) in [5.74, 6) is -2.17. The first-order chi connectivity index (χ1) is 14.6. The van der Waals surface area contributed by atoms with Gasteiger partial charge in [0.15, 0.2) is 5.69 Å². The second kappa shape index (κ2) is 7.46. The summed E-state index contributed by atoms with van der Waals surface area (Å²) in [6, 6.07) is 10.9. The summed E-state index contributed by atoms with van der Waals surface area (Å²) in [6.45, 7) is 3.68. The van der Waals surface area contributed by atoms with Gasteiger partial charge in [0, 0.05) is 11.3 Å². The van der Waals surface area contributed by atoms with Crippen LogP contribution in [0.2, 0.25) is 0 Å². The van der Waals surface area contributed by atoms with Crippen LogP contribution in [0.1, 0.15) is 27.4 Å². The summed E-state index contributed by atoms with van der Waals surface area (Å²) in [7, 11) is 0. The predicted octanol–water partition coefficient (Wildman–Crippen LogP) is 4.82. The van der Waals surface area contributed by atoms with E-state index < -0.39 is 35.2 Å². The average Bonchev–Trinajstić information content (AvgIpc) is 3.13. The summed E-state index contributed by atoms with van der Waals surface area (Å²) in [5.41, 5.74) is 1.30. The third kappa shape index (κ3) is 4.09. The number of alkyl halides is 3. The van der Waals surface area contributed by atoms with E-state index >= 15 is 0 Å². The molecule has 0 saturated carbocycles. The van der Waals surface area contributed by atoms with Crippen molar-refractivity contribution >= 4 is 17.4 Å². The Bertz CT molecular complexity index is 1300. The van der Waals surface area contributed by atoms with Crippen molar-refractivity contribution in [3.63, 3.8) is 0 Å². The van der Waals surface area contributed by atoms with Crippen molar-refractivity contribution in [2.45, 2.75) is 20.0 Å². The number of anilines is 1. The molecule has 0 aliphatic carbocycles. The minimum Gasteiger partial charge on any atom is -0.319 e. The summed E-state index contributed by atoms with van der Waals surface area (Å²) >= 11 is 0. The molecule has 0 fully saturated rings. The van der Waals surface area contributed by atoms with Crippen LogP contribution in [0.25, 0.3) is 17.0 Å². The maximum atomic E-state index is 13.6. The SMILES string of the molecule is Cc1ccc(NC(=O)c2nc3nc(-c4ccc(F)cc4)cc(C(F)(F)F)n3n2)c(C)c1. The Kier molecular flexibility index (Phi) is 4.92. The highest BCUT2D eigenvalue weighted by Crippen LogP contribution is 2.32. The molecule has 1 N–H and O–H groups in total. The number of fused-ring (bicyclic) bond motifs is 1. The number of aromatic nitrogens is 4. The molecule has 2 heterocycles. The lowest BCUT2D eigenvalue weighted by Gasteiger charge is -2.10. The Morgan fingerprint density at radius 1 is 1.00 bits per heavy atom. The number of nitrogens with zero attached hydrogens (tertiary/aromatic N) is 4. The van der Waals surface area contributed by atoms with Gasteiger partial charge in [-0.05, 0) is 55.8 Å². The first-order valence-electron chi connectivity index (χ1n) is 9.11. The second-order valence-corrected chi connectivity index (χ2v) is 6.95. The van der Waals surface area contributed by atoms with E-state index in [1.54, 1.807) is 19.1 Å². The summed E-state index contributed by atoms with van der Waals surface area (Å²) in [4.78, 5) is 20.5. The van der Waals surface area contributed by atoms with E-state index in [1.165, 1.54) is 12.1 Å². The molecule has 0 atom stereocenters. The first kappa shape index (κ1) is 20.5. The number of halogens is 4. The third-order valence-electron chi connectivity index (χ3n) is 4.58. The molecule has 1 amide bonds. The molecule has 0 aliphatic rings. The minimum absolute atomic E-state index is 0.0754. The molecule has 31 heavy (non-hydrogen) atoms. The van der Waals surface area contributed by atoms with Crippen molar-refractivity contribution in [3.05, 3.63) is 77.0 Å². The van der Waals surface area contributed by atoms with E-state index in [2.05, 4.69) is 20.4 Å². The zero-order chi connectivity index (χ0) is 22.3. The molecule has 0 saturated heterocycles. The molecule has 0 unspecified atom stereocenters. The molecule has 0 spiro atoms. The first-order valence-corrected chi connectivity index (χ1v) is 9.11. The van der Waals surface area contributed by atoms with Gasteiger partial charge < -0.3 is 5.32 Å². The van der Waals surface area contributed by atoms with Gasteiger partial charge in [-0.25, -0.2) is 9.37 Å². The maximum absolute atomic E-state index is 13.6. The topological polar surface area (TPSA) is 72.2 Å². The van der Waals surface area contributed by atoms with Crippen LogP contribution in [-0.2, 0) is 6.18 Å². The van der Waals surface area contributed by atoms with Crippen molar-refractivity contribution in [3.8, 4) is 11.3 Å². The van der Waals surface area contributed by atoms with Crippen LogP contribution in [0.3, 0.4) is 0 Å². The summed E-state index contributed by atoms with van der Waals surface area (Å²) in [5, 5.41) is 6.32. The van der Waals surface area contributed by atoms with Gasteiger partial charge in [-0.2, -0.15) is 22.7 Å². The fourth-order valence-electron chi connectivity index (χ4n) is 3.07. The molecule has 6 nitrogen and oxygen atoms in total. The number of aryl methyl sites for hydroxylation is 2. The molecular formula is C21H15F4N5O. The van der Waals surface area contributed by atoms with Crippen LogP contribution >= 0.6 is 0 Å². The Balaban J connectivity index is 1.78.